The number of aliphatic hydroxyl groups excluding tert-OH is 1. The second kappa shape index (κ2) is 6.39. The van der Waals surface area contributed by atoms with Crippen LogP contribution < -0.4 is 4.90 Å². The topological polar surface area (TPSA) is 49.8 Å². The van der Waals surface area contributed by atoms with E-state index in [1.54, 1.807) is 6.07 Å². The predicted octanol–water partition coefficient (Wildman–Crippen LogP) is 2.44. The number of carbonyl (C=O) groups excluding carboxylic acids is 1. The summed E-state index contributed by atoms with van der Waals surface area (Å²) in [4.78, 5) is 14.0. The lowest BCUT2D eigenvalue weighted by Gasteiger charge is -2.34. The maximum absolute atomic E-state index is 11.9. The summed E-state index contributed by atoms with van der Waals surface area (Å²) in [7, 11) is 1.39. The molecule has 1 aliphatic rings. The van der Waals surface area contributed by atoms with Gasteiger partial charge in [0.05, 0.1) is 18.4 Å². The molecule has 0 radical (unpaired) electrons. The zero-order valence-electron chi connectivity index (χ0n) is 10.9. The normalized spacial score (nSPS) is 19.3. The van der Waals surface area contributed by atoms with Gasteiger partial charge in [-0.3, -0.25) is 0 Å². The monoisotopic (exact) mass is 327 g/mol. The van der Waals surface area contributed by atoms with Crippen molar-refractivity contribution < 1.29 is 14.6 Å². The lowest BCUT2D eigenvalue weighted by atomic mass is 9.97. The van der Waals surface area contributed by atoms with Crippen LogP contribution in [0.3, 0.4) is 0 Å². The summed E-state index contributed by atoms with van der Waals surface area (Å²) in [5.41, 5.74) is 1.45. The average molecular weight is 328 g/mol. The number of hydrogen-bond donors (Lipinski definition) is 1. The SMILES string of the molecule is COC(=O)c1cc(Br)ccc1N1CCC[C@H](CO)C1. The van der Waals surface area contributed by atoms with Crippen molar-refractivity contribution in [3.63, 3.8) is 0 Å². The van der Waals surface area contributed by atoms with E-state index < -0.39 is 0 Å². The number of piperidine rings is 1. The number of carbonyl (C=O) groups is 1. The van der Waals surface area contributed by atoms with Crippen LogP contribution in [0.2, 0.25) is 0 Å². The van der Waals surface area contributed by atoms with Crippen molar-refractivity contribution in [2.75, 3.05) is 31.7 Å². The van der Waals surface area contributed by atoms with E-state index >= 15 is 0 Å². The maximum atomic E-state index is 11.9. The van der Waals surface area contributed by atoms with Gasteiger partial charge >= 0.3 is 5.97 Å². The number of nitrogens with zero attached hydrogens (tertiary/aromatic N) is 1. The van der Waals surface area contributed by atoms with Gasteiger partial charge in [0.2, 0.25) is 0 Å². The first-order valence-corrected chi connectivity index (χ1v) is 7.18. The number of anilines is 1. The van der Waals surface area contributed by atoms with Crippen LogP contribution in [0.5, 0.6) is 0 Å². The third kappa shape index (κ3) is 3.28. The van der Waals surface area contributed by atoms with Crippen molar-refractivity contribution in [3.05, 3.63) is 28.2 Å². The molecular formula is C14H18BrNO3. The highest BCUT2D eigenvalue weighted by atomic mass is 79.9. The molecule has 1 atom stereocenters. The highest BCUT2D eigenvalue weighted by molar-refractivity contribution is 9.10. The number of benzene rings is 1. The molecule has 1 N–H and O–H groups in total. The lowest BCUT2D eigenvalue weighted by molar-refractivity contribution is 0.0601. The number of hydrogen-bond acceptors (Lipinski definition) is 4. The van der Waals surface area contributed by atoms with Crippen LogP contribution in [0, 0.1) is 5.92 Å². The Labute approximate surface area is 121 Å². The summed E-state index contributed by atoms with van der Waals surface area (Å²) in [5.74, 6) is -0.0506. The third-order valence-electron chi connectivity index (χ3n) is 3.48. The zero-order chi connectivity index (χ0) is 13.8. The van der Waals surface area contributed by atoms with E-state index in [1.165, 1.54) is 7.11 Å². The summed E-state index contributed by atoms with van der Waals surface area (Å²) in [6, 6.07) is 5.63. The highest BCUT2D eigenvalue weighted by Crippen LogP contribution is 2.29. The summed E-state index contributed by atoms with van der Waals surface area (Å²) in [6.45, 7) is 1.88. The van der Waals surface area contributed by atoms with Gasteiger partial charge in [-0.15, -0.1) is 0 Å². The molecule has 0 unspecified atom stereocenters. The van der Waals surface area contributed by atoms with Gasteiger partial charge in [-0.2, -0.15) is 0 Å². The van der Waals surface area contributed by atoms with Crippen molar-refractivity contribution in [3.8, 4) is 0 Å². The maximum Gasteiger partial charge on any atom is 0.340 e. The summed E-state index contributed by atoms with van der Waals surface area (Å²) < 4.78 is 5.69. The van der Waals surface area contributed by atoms with Gasteiger partial charge in [0.1, 0.15) is 0 Å². The van der Waals surface area contributed by atoms with Crippen molar-refractivity contribution in [2.45, 2.75) is 12.8 Å². The number of aliphatic hydroxyl groups is 1. The van der Waals surface area contributed by atoms with Gasteiger partial charge in [-0.25, -0.2) is 4.79 Å². The summed E-state index contributed by atoms with van der Waals surface area (Å²) >= 11 is 3.38. The van der Waals surface area contributed by atoms with E-state index in [0.29, 0.717) is 5.56 Å². The molecule has 1 fully saturated rings. The van der Waals surface area contributed by atoms with Crippen molar-refractivity contribution in [1.29, 1.82) is 0 Å². The van der Waals surface area contributed by atoms with Crippen LogP contribution in [0.15, 0.2) is 22.7 Å². The van der Waals surface area contributed by atoms with Gasteiger partial charge in [0.15, 0.2) is 0 Å². The molecule has 5 heteroatoms. The van der Waals surface area contributed by atoms with Crippen LogP contribution in [-0.4, -0.2) is 37.9 Å². The molecule has 0 bridgehead atoms. The average Bonchev–Trinajstić information content (AvgIpc) is 2.46. The molecule has 0 amide bonds. The van der Waals surface area contributed by atoms with Gasteiger partial charge < -0.3 is 14.7 Å². The Hall–Kier alpha value is -1.07. The molecular weight excluding hydrogens is 310 g/mol. The number of methoxy groups -OCH3 is 1. The van der Waals surface area contributed by atoms with Gasteiger partial charge in [-0.1, -0.05) is 15.9 Å². The van der Waals surface area contributed by atoms with Crippen LogP contribution in [-0.2, 0) is 4.74 Å². The minimum Gasteiger partial charge on any atom is -0.465 e. The van der Waals surface area contributed by atoms with E-state index in [4.69, 9.17) is 4.74 Å². The third-order valence-corrected chi connectivity index (χ3v) is 3.98. The Morgan fingerprint density at radius 1 is 1.58 bits per heavy atom. The quantitative estimate of drug-likeness (QED) is 0.866. The highest BCUT2D eigenvalue weighted by Gasteiger charge is 2.23. The number of ether oxygens (including phenoxy) is 1. The zero-order valence-corrected chi connectivity index (χ0v) is 12.5. The number of rotatable bonds is 3. The fourth-order valence-corrected chi connectivity index (χ4v) is 2.85. The molecule has 2 rings (SSSR count). The smallest absolute Gasteiger partial charge is 0.340 e. The van der Waals surface area contributed by atoms with E-state index in [0.717, 1.165) is 36.1 Å². The number of halogens is 1. The summed E-state index contributed by atoms with van der Waals surface area (Å²) in [6.07, 6.45) is 2.07. The van der Waals surface area contributed by atoms with E-state index in [9.17, 15) is 9.90 Å². The van der Waals surface area contributed by atoms with Crippen molar-refractivity contribution in [1.82, 2.24) is 0 Å². The largest absolute Gasteiger partial charge is 0.465 e. The molecule has 1 aromatic rings. The molecule has 19 heavy (non-hydrogen) atoms. The lowest BCUT2D eigenvalue weighted by Crippen LogP contribution is -2.37. The Bertz CT molecular complexity index is 464. The fourth-order valence-electron chi connectivity index (χ4n) is 2.49. The minimum atomic E-state index is -0.331. The van der Waals surface area contributed by atoms with Crippen LogP contribution >= 0.6 is 15.9 Å². The molecule has 4 nitrogen and oxygen atoms in total. The Morgan fingerprint density at radius 2 is 2.37 bits per heavy atom. The molecule has 1 heterocycles. The Kier molecular flexibility index (Phi) is 4.82. The second-order valence-corrected chi connectivity index (χ2v) is 5.71. The minimum absolute atomic E-state index is 0.195. The first kappa shape index (κ1) is 14.3. The van der Waals surface area contributed by atoms with E-state index in [1.807, 2.05) is 12.1 Å². The molecule has 1 aliphatic heterocycles. The van der Waals surface area contributed by atoms with Crippen LogP contribution in [0.4, 0.5) is 5.69 Å². The molecule has 104 valence electrons. The molecule has 0 spiro atoms. The fraction of sp³-hybridized carbons (Fsp3) is 0.500. The first-order chi connectivity index (χ1) is 9.15. The van der Waals surface area contributed by atoms with E-state index in [-0.39, 0.29) is 18.5 Å². The summed E-state index contributed by atoms with van der Waals surface area (Å²) in [5, 5.41) is 9.30. The number of esters is 1. The standard InChI is InChI=1S/C14H18BrNO3/c1-19-14(18)12-7-11(15)4-5-13(12)16-6-2-3-10(8-16)9-17/h4-5,7,10,17H,2-3,6,8-9H2,1H3/t10-/m0/s1. The molecule has 0 aliphatic carbocycles. The van der Waals surface area contributed by atoms with Crippen molar-refractivity contribution in [2.24, 2.45) is 5.92 Å². The molecule has 1 saturated heterocycles. The van der Waals surface area contributed by atoms with Crippen LogP contribution in [0.25, 0.3) is 0 Å². The van der Waals surface area contributed by atoms with Crippen molar-refractivity contribution >= 4 is 27.6 Å². The molecule has 0 saturated carbocycles. The van der Waals surface area contributed by atoms with Crippen LogP contribution in [0.1, 0.15) is 23.2 Å². The Morgan fingerprint density at radius 3 is 3.05 bits per heavy atom. The Balaban J connectivity index is 2.30. The van der Waals surface area contributed by atoms with Gasteiger partial charge in [0, 0.05) is 24.2 Å². The molecule has 1 aromatic carbocycles. The molecule has 0 aromatic heterocycles. The second-order valence-electron chi connectivity index (χ2n) is 4.79. The predicted molar refractivity (Wildman–Crippen MR) is 77.5 cm³/mol. The van der Waals surface area contributed by atoms with Gasteiger partial charge in [0.25, 0.3) is 0 Å². The van der Waals surface area contributed by atoms with Gasteiger partial charge in [-0.05, 0) is 37.0 Å². The van der Waals surface area contributed by atoms with E-state index in [2.05, 4.69) is 20.8 Å². The first-order valence-electron chi connectivity index (χ1n) is 6.39.